The van der Waals surface area contributed by atoms with Gasteiger partial charge in [0.15, 0.2) is 10.9 Å². The Kier molecular flexibility index (Phi) is 6.37. The molecule has 33 heavy (non-hydrogen) atoms. The van der Waals surface area contributed by atoms with Gasteiger partial charge in [0.05, 0.1) is 11.1 Å². The second-order valence-corrected chi connectivity index (χ2v) is 10.8. The predicted octanol–water partition coefficient (Wildman–Crippen LogP) is 1.95. The van der Waals surface area contributed by atoms with E-state index in [4.69, 9.17) is 5.73 Å². The maximum atomic E-state index is 13.1. The first-order chi connectivity index (χ1) is 15.6. The monoisotopic (exact) mass is 489 g/mol. The van der Waals surface area contributed by atoms with Crippen molar-refractivity contribution in [3.8, 4) is 0 Å². The third-order valence-corrected chi connectivity index (χ3v) is 8.11. The van der Waals surface area contributed by atoms with Gasteiger partial charge in [0.25, 0.3) is 11.1 Å². The fourth-order valence-electron chi connectivity index (χ4n) is 4.19. The highest BCUT2D eigenvalue weighted by Crippen LogP contribution is 2.34. The number of ketones is 1. The lowest BCUT2D eigenvalue weighted by atomic mass is 9.97. The first kappa shape index (κ1) is 23.5. The minimum atomic E-state index is -0.716. The molecule has 0 saturated carbocycles. The van der Waals surface area contributed by atoms with Crippen LogP contribution in [0, 0.1) is 5.92 Å². The zero-order valence-electron chi connectivity index (χ0n) is 19.1. The van der Waals surface area contributed by atoms with Crippen LogP contribution < -0.4 is 22.5 Å². The molecule has 4 rings (SSSR count). The van der Waals surface area contributed by atoms with Crippen LogP contribution in [0.2, 0.25) is 0 Å². The Morgan fingerprint density at radius 2 is 1.82 bits per heavy atom. The molecule has 176 valence electrons. The summed E-state index contributed by atoms with van der Waals surface area (Å²) < 4.78 is 3.64. The van der Waals surface area contributed by atoms with Crippen LogP contribution in [0.25, 0.3) is 10.2 Å². The van der Waals surface area contributed by atoms with Crippen LogP contribution in [0.4, 0.5) is 5.82 Å². The van der Waals surface area contributed by atoms with E-state index in [0.29, 0.717) is 21.9 Å². The van der Waals surface area contributed by atoms with Gasteiger partial charge in [-0.3, -0.25) is 28.1 Å². The average Bonchev–Trinajstić information content (AvgIpc) is 3.15. The highest BCUT2D eigenvalue weighted by atomic mass is 32.2. The molecule has 0 amide bonds. The molecule has 1 aliphatic carbocycles. The minimum absolute atomic E-state index is 0.0990. The SMILES string of the molecule is CC(C)Cn1c(N)c(C(=O)CSc2nc3sc4c(c3c(=O)n2C)CCCC4)c(=O)n(C)c1=O. The smallest absolute Gasteiger partial charge is 0.332 e. The third kappa shape index (κ3) is 4.08. The van der Waals surface area contributed by atoms with Gasteiger partial charge in [0.2, 0.25) is 0 Å². The Hall–Kier alpha value is -2.66. The van der Waals surface area contributed by atoms with Crippen LogP contribution in [-0.4, -0.2) is 30.2 Å². The maximum Gasteiger partial charge on any atom is 0.332 e. The van der Waals surface area contributed by atoms with E-state index in [0.717, 1.165) is 47.6 Å². The Bertz CT molecular complexity index is 1440. The lowest BCUT2D eigenvalue weighted by Gasteiger charge is -2.16. The number of rotatable bonds is 6. The summed E-state index contributed by atoms with van der Waals surface area (Å²) in [7, 11) is 2.98. The number of Topliss-reactive ketones (excluding diaryl/α,β-unsaturated/α-hetero) is 1. The van der Waals surface area contributed by atoms with Crippen molar-refractivity contribution in [3.05, 3.63) is 47.2 Å². The van der Waals surface area contributed by atoms with E-state index >= 15 is 0 Å². The van der Waals surface area contributed by atoms with Crippen molar-refractivity contribution in [1.29, 1.82) is 0 Å². The molecule has 0 aliphatic heterocycles. The van der Waals surface area contributed by atoms with Crippen LogP contribution in [0.15, 0.2) is 19.5 Å². The molecule has 3 heterocycles. The summed E-state index contributed by atoms with van der Waals surface area (Å²) >= 11 is 2.64. The highest BCUT2D eigenvalue weighted by Gasteiger charge is 2.24. The van der Waals surface area contributed by atoms with E-state index in [9.17, 15) is 19.2 Å². The number of anilines is 1. The summed E-state index contributed by atoms with van der Waals surface area (Å²) in [6, 6.07) is 0. The standard InChI is InChI=1S/C22H27N5O4S2/c1-11(2)9-27-17(23)16(20(30)26(4)22(27)31)13(28)10-32-21-24-18-15(19(29)25(21)3)12-7-5-6-8-14(12)33-18/h11H,5-10,23H2,1-4H3. The average molecular weight is 490 g/mol. The molecule has 1 aliphatic rings. The number of carbonyl (C=O) groups is 1. The second-order valence-electron chi connectivity index (χ2n) is 8.77. The van der Waals surface area contributed by atoms with Crippen LogP contribution in [-0.2, 0) is 33.5 Å². The number of thioether (sulfide) groups is 1. The summed E-state index contributed by atoms with van der Waals surface area (Å²) in [5.74, 6) is -0.654. The van der Waals surface area contributed by atoms with Crippen molar-refractivity contribution in [2.24, 2.45) is 20.0 Å². The number of thiophene rings is 1. The van der Waals surface area contributed by atoms with E-state index in [-0.39, 0.29) is 28.6 Å². The number of hydrogen-bond donors (Lipinski definition) is 1. The van der Waals surface area contributed by atoms with Gasteiger partial charge in [0, 0.05) is 25.5 Å². The van der Waals surface area contributed by atoms with Crippen LogP contribution in [0.1, 0.15) is 47.5 Å². The fourth-order valence-corrected chi connectivity index (χ4v) is 6.33. The van der Waals surface area contributed by atoms with Gasteiger partial charge < -0.3 is 5.73 Å². The Morgan fingerprint density at radius 3 is 2.52 bits per heavy atom. The molecule has 3 aromatic heterocycles. The van der Waals surface area contributed by atoms with Gasteiger partial charge in [0.1, 0.15) is 16.2 Å². The Balaban J connectivity index is 1.68. The third-order valence-electron chi connectivity index (χ3n) is 5.90. The van der Waals surface area contributed by atoms with Gasteiger partial charge in [-0.15, -0.1) is 11.3 Å². The molecular weight excluding hydrogens is 462 g/mol. The number of aromatic nitrogens is 4. The number of nitrogens with two attached hydrogens (primary N) is 1. The highest BCUT2D eigenvalue weighted by molar-refractivity contribution is 7.99. The number of carbonyl (C=O) groups excluding carboxylic acids is 1. The molecule has 0 saturated heterocycles. The molecule has 0 aromatic carbocycles. The topological polar surface area (TPSA) is 122 Å². The molecule has 0 radical (unpaired) electrons. The molecule has 2 N–H and O–H groups in total. The molecule has 9 nitrogen and oxygen atoms in total. The van der Waals surface area contributed by atoms with Crippen LogP contribution >= 0.6 is 23.1 Å². The minimum Gasteiger partial charge on any atom is -0.384 e. The van der Waals surface area contributed by atoms with Gasteiger partial charge >= 0.3 is 5.69 Å². The van der Waals surface area contributed by atoms with E-state index in [1.807, 2.05) is 13.8 Å². The van der Waals surface area contributed by atoms with Gasteiger partial charge in [-0.05, 0) is 37.2 Å². The zero-order valence-corrected chi connectivity index (χ0v) is 20.8. The molecule has 0 atom stereocenters. The predicted molar refractivity (Wildman–Crippen MR) is 132 cm³/mol. The number of nitrogen functional groups attached to an aromatic ring is 1. The van der Waals surface area contributed by atoms with Crippen LogP contribution in [0.3, 0.4) is 0 Å². The maximum absolute atomic E-state index is 13.1. The van der Waals surface area contributed by atoms with Crippen molar-refractivity contribution in [2.45, 2.75) is 51.2 Å². The summed E-state index contributed by atoms with van der Waals surface area (Å²) in [5.41, 5.74) is 5.64. The summed E-state index contributed by atoms with van der Waals surface area (Å²) in [4.78, 5) is 57.8. The quantitative estimate of drug-likeness (QED) is 0.319. The van der Waals surface area contributed by atoms with Crippen LogP contribution in [0.5, 0.6) is 0 Å². The van der Waals surface area contributed by atoms with E-state index in [2.05, 4.69) is 4.98 Å². The van der Waals surface area contributed by atoms with Gasteiger partial charge in [-0.2, -0.15) is 0 Å². The largest absolute Gasteiger partial charge is 0.384 e. The van der Waals surface area contributed by atoms with Crippen molar-refractivity contribution < 1.29 is 4.79 Å². The molecule has 0 fully saturated rings. The normalized spacial score (nSPS) is 13.6. The molecule has 0 spiro atoms. The number of fused-ring (bicyclic) bond motifs is 3. The van der Waals surface area contributed by atoms with Crippen molar-refractivity contribution in [1.82, 2.24) is 18.7 Å². The van der Waals surface area contributed by atoms with Crippen molar-refractivity contribution in [3.63, 3.8) is 0 Å². The van der Waals surface area contributed by atoms with Gasteiger partial charge in [-0.1, -0.05) is 25.6 Å². The first-order valence-corrected chi connectivity index (χ1v) is 12.7. The van der Waals surface area contributed by atoms with Gasteiger partial charge in [-0.25, -0.2) is 9.78 Å². The molecule has 0 unspecified atom stereocenters. The van der Waals surface area contributed by atoms with Crippen molar-refractivity contribution >= 4 is 44.9 Å². The van der Waals surface area contributed by atoms with E-state index < -0.39 is 17.0 Å². The molecular formula is C22H27N5O4S2. The zero-order chi connectivity index (χ0) is 24.0. The molecule has 11 heteroatoms. The van der Waals surface area contributed by atoms with Crippen molar-refractivity contribution in [2.75, 3.05) is 11.5 Å². The number of aryl methyl sites for hydroxylation is 2. The Morgan fingerprint density at radius 1 is 1.12 bits per heavy atom. The number of hydrogen-bond acceptors (Lipinski definition) is 8. The first-order valence-electron chi connectivity index (χ1n) is 10.9. The second kappa shape index (κ2) is 8.94. The van der Waals surface area contributed by atoms with E-state index in [1.165, 1.54) is 21.1 Å². The lowest BCUT2D eigenvalue weighted by Crippen LogP contribution is -2.43. The number of nitrogens with zero attached hydrogens (tertiary/aromatic N) is 4. The summed E-state index contributed by atoms with van der Waals surface area (Å²) in [6.07, 6.45) is 4.05. The fraction of sp³-hybridized carbons (Fsp3) is 0.500. The Labute approximate surface area is 198 Å². The van der Waals surface area contributed by atoms with E-state index in [1.54, 1.807) is 18.4 Å². The molecule has 3 aromatic rings. The molecule has 0 bridgehead atoms. The summed E-state index contributed by atoms with van der Waals surface area (Å²) in [6.45, 7) is 4.13. The lowest BCUT2D eigenvalue weighted by molar-refractivity contribution is 0.102. The summed E-state index contributed by atoms with van der Waals surface area (Å²) in [5, 5.41) is 1.09.